The number of likely N-dealkylation sites (N-methyl/N-ethyl adjacent to an activating group) is 1. The molecule has 1 aromatic rings. The Hall–Kier alpha value is -1.46. The maximum absolute atomic E-state index is 12.2. The van der Waals surface area contributed by atoms with Gasteiger partial charge >= 0.3 is 0 Å². The lowest BCUT2D eigenvalue weighted by Crippen LogP contribution is -2.55. The maximum Gasteiger partial charge on any atom is 0.249 e. The molecule has 1 fully saturated rings. The summed E-state index contributed by atoms with van der Waals surface area (Å²) >= 11 is 0. The minimum absolute atomic E-state index is 0.115. The van der Waals surface area contributed by atoms with Gasteiger partial charge in [-0.15, -0.1) is 0 Å². The van der Waals surface area contributed by atoms with Gasteiger partial charge in [0.25, 0.3) is 0 Å². The Morgan fingerprint density at radius 3 is 2.81 bits per heavy atom. The molecular formula is C11H15N3O2. The highest BCUT2D eigenvalue weighted by Gasteiger charge is 2.40. The molecule has 1 aliphatic heterocycles. The third kappa shape index (κ3) is 1.91. The quantitative estimate of drug-likeness (QED) is 0.772. The third-order valence-electron chi connectivity index (χ3n) is 2.83. The van der Waals surface area contributed by atoms with Crippen LogP contribution in [0.15, 0.2) is 24.5 Å². The fraction of sp³-hybridized carbons (Fsp3) is 0.455. The predicted octanol–water partition coefficient (Wildman–Crippen LogP) is 0.162. The minimum atomic E-state index is -0.877. The van der Waals surface area contributed by atoms with Gasteiger partial charge in [0, 0.05) is 31.7 Å². The molecule has 2 N–H and O–H groups in total. The van der Waals surface area contributed by atoms with Gasteiger partial charge in [0.2, 0.25) is 5.91 Å². The Labute approximate surface area is 94.2 Å². The van der Waals surface area contributed by atoms with E-state index in [1.807, 2.05) is 0 Å². The van der Waals surface area contributed by atoms with Gasteiger partial charge in [-0.1, -0.05) is 0 Å². The van der Waals surface area contributed by atoms with Crippen LogP contribution in [0.25, 0.3) is 0 Å². The van der Waals surface area contributed by atoms with Crippen molar-refractivity contribution in [3.63, 3.8) is 0 Å². The predicted molar refractivity (Wildman–Crippen MR) is 60.0 cm³/mol. The first-order valence-corrected chi connectivity index (χ1v) is 5.18. The maximum atomic E-state index is 12.2. The number of pyridine rings is 1. The topological polar surface area (TPSA) is 68.5 Å². The van der Waals surface area contributed by atoms with Gasteiger partial charge in [0.1, 0.15) is 5.54 Å². The van der Waals surface area contributed by atoms with Gasteiger partial charge in [-0.3, -0.25) is 9.78 Å². The molecule has 1 unspecified atom stereocenters. The summed E-state index contributed by atoms with van der Waals surface area (Å²) in [6.07, 6.45) is 3.86. The SMILES string of the molecule is CN(C(=O)C1(N)CCOC1)c1ccncc1. The number of carbonyl (C=O) groups excluding carboxylic acids is 1. The van der Waals surface area contributed by atoms with Crippen LogP contribution in [0.3, 0.4) is 0 Å². The molecule has 2 rings (SSSR count). The molecule has 1 aromatic heterocycles. The summed E-state index contributed by atoms with van der Waals surface area (Å²) in [4.78, 5) is 17.6. The molecule has 1 atom stereocenters. The van der Waals surface area contributed by atoms with Crippen molar-refractivity contribution in [1.29, 1.82) is 0 Å². The third-order valence-corrected chi connectivity index (χ3v) is 2.83. The number of nitrogens with zero attached hydrogens (tertiary/aromatic N) is 2. The normalized spacial score (nSPS) is 24.4. The lowest BCUT2D eigenvalue weighted by atomic mass is 9.98. The van der Waals surface area contributed by atoms with Crippen LogP contribution < -0.4 is 10.6 Å². The van der Waals surface area contributed by atoms with E-state index >= 15 is 0 Å². The fourth-order valence-electron chi connectivity index (χ4n) is 1.77. The first-order chi connectivity index (χ1) is 7.63. The Balaban J connectivity index is 2.16. The molecule has 1 saturated heterocycles. The number of carbonyl (C=O) groups is 1. The smallest absolute Gasteiger partial charge is 0.249 e. The van der Waals surface area contributed by atoms with Crippen LogP contribution in [0, 0.1) is 0 Å². The van der Waals surface area contributed by atoms with E-state index in [1.165, 1.54) is 0 Å². The van der Waals surface area contributed by atoms with E-state index < -0.39 is 5.54 Å². The summed E-state index contributed by atoms with van der Waals surface area (Å²) in [5, 5.41) is 0. The molecule has 0 radical (unpaired) electrons. The van der Waals surface area contributed by atoms with Crippen molar-refractivity contribution < 1.29 is 9.53 Å². The van der Waals surface area contributed by atoms with Crippen molar-refractivity contribution in [3.8, 4) is 0 Å². The molecule has 0 aliphatic carbocycles. The van der Waals surface area contributed by atoms with Crippen molar-refractivity contribution >= 4 is 11.6 Å². The molecule has 16 heavy (non-hydrogen) atoms. The Morgan fingerprint density at radius 1 is 1.56 bits per heavy atom. The first kappa shape index (κ1) is 11.0. The van der Waals surface area contributed by atoms with Crippen molar-refractivity contribution in [1.82, 2.24) is 4.98 Å². The number of hydrogen-bond acceptors (Lipinski definition) is 4. The zero-order valence-electron chi connectivity index (χ0n) is 9.22. The Morgan fingerprint density at radius 2 is 2.25 bits per heavy atom. The second kappa shape index (κ2) is 4.19. The molecule has 0 aromatic carbocycles. The summed E-state index contributed by atoms with van der Waals surface area (Å²) in [7, 11) is 1.71. The second-order valence-electron chi connectivity index (χ2n) is 4.03. The molecule has 0 spiro atoms. The highest BCUT2D eigenvalue weighted by molar-refractivity contribution is 5.99. The fourth-order valence-corrected chi connectivity index (χ4v) is 1.77. The molecular weight excluding hydrogens is 206 g/mol. The van der Waals surface area contributed by atoms with Crippen molar-refractivity contribution in [3.05, 3.63) is 24.5 Å². The number of ether oxygens (including phenoxy) is 1. The lowest BCUT2D eigenvalue weighted by Gasteiger charge is -2.27. The number of anilines is 1. The molecule has 86 valence electrons. The van der Waals surface area contributed by atoms with Gasteiger partial charge in [0.05, 0.1) is 6.61 Å². The van der Waals surface area contributed by atoms with Crippen LogP contribution in [-0.2, 0) is 9.53 Å². The number of hydrogen-bond donors (Lipinski definition) is 1. The Bertz CT molecular complexity index is 374. The summed E-state index contributed by atoms with van der Waals surface area (Å²) in [6, 6.07) is 3.55. The standard InChI is InChI=1S/C11H15N3O2/c1-14(9-2-5-13-6-3-9)10(15)11(12)4-7-16-8-11/h2-3,5-6H,4,7-8,12H2,1H3. The molecule has 0 bridgehead atoms. The minimum Gasteiger partial charge on any atom is -0.379 e. The van der Waals surface area contributed by atoms with Crippen LogP contribution in [0.1, 0.15) is 6.42 Å². The largest absolute Gasteiger partial charge is 0.379 e. The van der Waals surface area contributed by atoms with Gasteiger partial charge in [-0.25, -0.2) is 0 Å². The number of aromatic nitrogens is 1. The highest BCUT2D eigenvalue weighted by Crippen LogP contribution is 2.21. The van der Waals surface area contributed by atoms with E-state index in [-0.39, 0.29) is 5.91 Å². The summed E-state index contributed by atoms with van der Waals surface area (Å²) in [5.74, 6) is -0.115. The van der Waals surface area contributed by atoms with Gasteiger partial charge in [-0.2, -0.15) is 0 Å². The van der Waals surface area contributed by atoms with Gasteiger partial charge in [-0.05, 0) is 18.6 Å². The van der Waals surface area contributed by atoms with E-state index in [9.17, 15) is 4.79 Å². The Kier molecular flexibility index (Phi) is 2.89. The lowest BCUT2D eigenvalue weighted by molar-refractivity contribution is -0.123. The number of amides is 1. The molecule has 0 saturated carbocycles. The molecule has 5 heteroatoms. The van der Waals surface area contributed by atoms with E-state index in [0.717, 1.165) is 5.69 Å². The van der Waals surface area contributed by atoms with E-state index in [4.69, 9.17) is 10.5 Å². The van der Waals surface area contributed by atoms with Crippen LogP contribution >= 0.6 is 0 Å². The zero-order chi connectivity index (χ0) is 11.6. The van der Waals surface area contributed by atoms with E-state index in [1.54, 1.807) is 36.5 Å². The van der Waals surface area contributed by atoms with Crippen molar-refractivity contribution in [2.24, 2.45) is 5.73 Å². The summed E-state index contributed by atoms with van der Waals surface area (Å²) in [6.45, 7) is 0.841. The van der Waals surface area contributed by atoms with Crippen LogP contribution in [-0.4, -0.2) is 36.7 Å². The van der Waals surface area contributed by atoms with Crippen LogP contribution in [0.5, 0.6) is 0 Å². The van der Waals surface area contributed by atoms with E-state index in [0.29, 0.717) is 19.6 Å². The molecule has 1 aliphatic rings. The number of rotatable bonds is 2. The van der Waals surface area contributed by atoms with Gasteiger partial charge < -0.3 is 15.4 Å². The molecule has 5 nitrogen and oxygen atoms in total. The molecule has 1 amide bonds. The zero-order valence-corrected chi connectivity index (χ0v) is 9.22. The van der Waals surface area contributed by atoms with Crippen molar-refractivity contribution in [2.75, 3.05) is 25.2 Å². The summed E-state index contributed by atoms with van der Waals surface area (Å²) in [5.41, 5.74) is 5.92. The van der Waals surface area contributed by atoms with Crippen LogP contribution in [0.4, 0.5) is 5.69 Å². The average Bonchev–Trinajstić information content (AvgIpc) is 2.77. The second-order valence-corrected chi connectivity index (χ2v) is 4.03. The van der Waals surface area contributed by atoms with Crippen LogP contribution in [0.2, 0.25) is 0 Å². The first-order valence-electron chi connectivity index (χ1n) is 5.18. The van der Waals surface area contributed by atoms with E-state index in [2.05, 4.69) is 4.98 Å². The van der Waals surface area contributed by atoms with Gasteiger partial charge in [0.15, 0.2) is 0 Å². The monoisotopic (exact) mass is 221 g/mol. The highest BCUT2D eigenvalue weighted by atomic mass is 16.5. The molecule has 2 heterocycles. The average molecular weight is 221 g/mol. The number of nitrogens with two attached hydrogens (primary N) is 1. The summed E-state index contributed by atoms with van der Waals surface area (Å²) < 4.78 is 5.18. The van der Waals surface area contributed by atoms with Crippen molar-refractivity contribution in [2.45, 2.75) is 12.0 Å².